The molecule has 0 saturated carbocycles. The molecule has 2 heterocycles. The number of carbonyl (C=O) groups is 1. The second kappa shape index (κ2) is 4.91. The van der Waals surface area contributed by atoms with E-state index in [4.69, 9.17) is 0 Å². The van der Waals surface area contributed by atoms with E-state index in [0.717, 1.165) is 20.3 Å². The predicted octanol–water partition coefficient (Wildman–Crippen LogP) is 2.88. The Balaban J connectivity index is 1.74. The van der Waals surface area contributed by atoms with Gasteiger partial charge < -0.3 is 0 Å². The molecule has 3 aromatic rings. The summed E-state index contributed by atoms with van der Waals surface area (Å²) in [4.78, 5) is 16.3. The largest absolute Gasteiger partial charge is 0.286 e. The number of fused-ring (bicyclic) bond motifs is 1. The van der Waals surface area contributed by atoms with Crippen molar-refractivity contribution >= 4 is 38.4 Å². The van der Waals surface area contributed by atoms with Crippen LogP contribution in [0.5, 0.6) is 0 Å². The van der Waals surface area contributed by atoms with Crippen molar-refractivity contribution in [1.82, 2.24) is 15.2 Å². The summed E-state index contributed by atoms with van der Waals surface area (Å²) in [6.07, 6.45) is 1.99. The molecule has 0 bridgehead atoms. The molecule has 1 aromatic carbocycles. The highest BCUT2D eigenvalue weighted by atomic mass is 32.2. The van der Waals surface area contributed by atoms with Crippen molar-refractivity contribution in [2.24, 2.45) is 0 Å². The molecule has 3 rings (SSSR count). The van der Waals surface area contributed by atoms with Crippen molar-refractivity contribution in [3.05, 3.63) is 42.2 Å². The lowest BCUT2D eigenvalue weighted by atomic mass is 10.3. The zero-order valence-electron chi connectivity index (χ0n) is 9.29. The van der Waals surface area contributed by atoms with Crippen LogP contribution < -0.4 is 0 Å². The highest BCUT2D eigenvalue weighted by Gasteiger charge is 2.11. The Morgan fingerprint density at radius 2 is 2.22 bits per heavy atom. The van der Waals surface area contributed by atoms with Gasteiger partial charge >= 0.3 is 0 Å². The fourth-order valence-electron chi connectivity index (χ4n) is 1.57. The van der Waals surface area contributed by atoms with Crippen molar-refractivity contribution in [3.63, 3.8) is 0 Å². The first-order valence-corrected chi connectivity index (χ1v) is 6.99. The standard InChI is InChI=1S/C12H9N3OS2/c16-11(7-8-5-6-13-15-8)18-12-14-9-3-1-2-4-10(9)17-12/h1-6H,7H2,(H,13,15). The summed E-state index contributed by atoms with van der Waals surface area (Å²) in [6, 6.07) is 9.69. The summed E-state index contributed by atoms with van der Waals surface area (Å²) < 4.78 is 1.90. The lowest BCUT2D eigenvalue weighted by molar-refractivity contribution is -0.110. The van der Waals surface area contributed by atoms with E-state index in [0.29, 0.717) is 6.42 Å². The second-order valence-corrected chi connectivity index (χ2v) is 6.02. The van der Waals surface area contributed by atoms with Crippen LogP contribution in [0.25, 0.3) is 10.2 Å². The Morgan fingerprint density at radius 1 is 1.33 bits per heavy atom. The van der Waals surface area contributed by atoms with Crippen LogP contribution in [0.2, 0.25) is 0 Å². The zero-order valence-corrected chi connectivity index (χ0v) is 10.9. The van der Waals surface area contributed by atoms with Gasteiger partial charge in [0.15, 0.2) is 4.34 Å². The normalized spacial score (nSPS) is 10.9. The van der Waals surface area contributed by atoms with E-state index in [2.05, 4.69) is 15.2 Å². The molecule has 0 atom stereocenters. The van der Waals surface area contributed by atoms with Crippen molar-refractivity contribution in [2.75, 3.05) is 0 Å². The summed E-state index contributed by atoms with van der Waals surface area (Å²) in [7, 11) is 0. The summed E-state index contributed by atoms with van der Waals surface area (Å²) >= 11 is 2.73. The minimum absolute atomic E-state index is 0.0679. The van der Waals surface area contributed by atoms with Crippen LogP contribution in [-0.4, -0.2) is 20.3 Å². The lowest BCUT2D eigenvalue weighted by Crippen LogP contribution is -1.97. The molecular formula is C12H9N3OS2. The zero-order chi connectivity index (χ0) is 12.4. The molecule has 0 fully saturated rings. The fourth-order valence-corrected chi connectivity index (χ4v) is 3.55. The van der Waals surface area contributed by atoms with Gasteiger partial charge in [-0.3, -0.25) is 9.89 Å². The van der Waals surface area contributed by atoms with Crippen LogP contribution in [0.1, 0.15) is 5.69 Å². The third kappa shape index (κ3) is 2.44. The van der Waals surface area contributed by atoms with E-state index in [9.17, 15) is 4.79 Å². The van der Waals surface area contributed by atoms with Gasteiger partial charge in [-0.2, -0.15) is 5.10 Å². The van der Waals surface area contributed by atoms with Gasteiger partial charge in [-0.1, -0.05) is 12.1 Å². The average molecular weight is 275 g/mol. The molecule has 1 N–H and O–H groups in total. The Kier molecular flexibility index (Phi) is 3.12. The summed E-state index contributed by atoms with van der Waals surface area (Å²) in [5.41, 5.74) is 1.77. The number of hydrogen-bond donors (Lipinski definition) is 1. The average Bonchev–Trinajstić information content (AvgIpc) is 2.96. The maximum Gasteiger partial charge on any atom is 0.201 e. The molecule has 0 aliphatic carbocycles. The number of nitrogens with zero attached hydrogens (tertiary/aromatic N) is 2. The maximum atomic E-state index is 11.8. The number of aromatic amines is 1. The predicted molar refractivity (Wildman–Crippen MR) is 72.8 cm³/mol. The molecule has 90 valence electrons. The van der Waals surface area contributed by atoms with Gasteiger partial charge in [-0.15, -0.1) is 11.3 Å². The number of H-pyrrole nitrogens is 1. The van der Waals surface area contributed by atoms with Crippen LogP contribution in [0.4, 0.5) is 0 Å². The Bertz CT molecular complexity index is 643. The first-order valence-electron chi connectivity index (χ1n) is 5.36. The van der Waals surface area contributed by atoms with Crippen LogP contribution >= 0.6 is 23.1 Å². The molecule has 18 heavy (non-hydrogen) atoms. The number of hydrogen-bond acceptors (Lipinski definition) is 5. The monoisotopic (exact) mass is 275 g/mol. The first-order chi connectivity index (χ1) is 8.81. The minimum Gasteiger partial charge on any atom is -0.286 e. The van der Waals surface area contributed by atoms with Gasteiger partial charge in [0.25, 0.3) is 0 Å². The van der Waals surface area contributed by atoms with Crippen molar-refractivity contribution in [3.8, 4) is 0 Å². The summed E-state index contributed by atoms with van der Waals surface area (Å²) in [5.74, 6) is 0. The number of para-hydroxylation sites is 1. The van der Waals surface area contributed by atoms with E-state index < -0.39 is 0 Å². The SMILES string of the molecule is O=C(Cc1ccn[nH]1)Sc1nc2ccccc2s1. The molecule has 0 aliphatic rings. The second-order valence-electron chi connectivity index (χ2n) is 3.68. The number of rotatable bonds is 3. The van der Waals surface area contributed by atoms with E-state index in [1.807, 2.05) is 24.3 Å². The van der Waals surface area contributed by atoms with E-state index >= 15 is 0 Å². The van der Waals surface area contributed by atoms with Gasteiger partial charge in [0.1, 0.15) is 0 Å². The number of aromatic nitrogens is 3. The number of benzene rings is 1. The Labute approximate surface area is 111 Å². The molecule has 0 radical (unpaired) electrons. The molecule has 0 spiro atoms. The third-order valence-electron chi connectivity index (χ3n) is 2.37. The van der Waals surface area contributed by atoms with Crippen molar-refractivity contribution in [2.45, 2.75) is 10.8 Å². The lowest BCUT2D eigenvalue weighted by Gasteiger charge is -1.94. The van der Waals surface area contributed by atoms with Crippen molar-refractivity contribution < 1.29 is 4.79 Å². The molecular weight excluding hydrogens is 266 g/mol. The van der Waals surface area contributed by atoms with Gasteiger partial charge in [0, 0.05) is 11.9 Å². The van der Waals surface area contributed by atoms with Crippen LogP contribution in [0, 0.1) is 0 Å². The topological polar surface area (TPSA) is 58.6 Å². The highest BCUT2D eigenvalue weighted by Crippen LogP contribution is 2.30. The number of thiazole rings is 1. The van der Waals surface area contributed by atoms with Gasteiger partial charge in [-0.25, -0.2) is 4.98 Å². The minimum atomic E-state index is 0.0679. The van der Waals surface area contributed by atoms with Gasteiger partial charge in [0.05, 0.1) is 16.6 Å². The van der Waals surface area contributed by atoms with E-state index in [1.165, 1.54) is 11.8 Å². The van der Waals surface area contributed by atoms with Crippen LogP contribution in [0.15, 0.2) is 40.9 Å². The van der Waals surface area contributed by atoms with E-state index in [-0.39, 0.29) is 5.12 Å². The molecule has 6 heteroatoms. The molecule has 0 aliphatic heterocycles. The van der Waals surface area contributed by atoms with Gasteiger partial charge in [-0.05, 0) is 30.0 Å². The number of nitrogens with one attached hydrogen (secondary N) is 1. The summed E-state index contributed by atoms with van der Waals surface area (Å²) in [6.45, 7) is 0. The van der Waals surface area contributed by atoms with Crippen LogP contribution in [-0.2, 0) is 11.2 Å². The summed E-state index contributed by atoms with van der Waals surface area (Å²) in [5, 5.41) is 6.66. The Hall–Kier alpha value is -1.66. The smallest absolute Gasteiger partial charge is 0.201 e. The molecule has 0 amide bonds. The van der Waals surface area contributed by atoms with Gasteiger partial charge in [0.2, 0.25) is 5.12 Å². The first kappa shape index (κ1) is 11.4. The molecule has 0 unspecified atom stereocenters. The van der Waals surface area contributed by atoms with E-state index in [1.54, 1.807) is 23.6 Å². The molecule has 2 aromatic heterocycles. The fraction of sp³-hybridized carbons (Fsp3) is 0.0833. The highest BCUT2D eigenvalue weighted by molar-refractivity contribution is 8.15. The number of thioether (sulfide) groups is 1. The quantitative estimate of drug-likeness (QED) is 0.747. The maximum absolute atomic E-state index is 11.8. The molecule has 4 nitrogen and oxygen atoms in total. The van der Waals surface area contributed by atoms with Crippen molar-refractivity contribution in [1.29, 1.82) is 0 Å². The van der Waals surface area contributed by atoms with Crippen LogP contribution in [0.3, 0.4) is 0 Å². The Morgan fingerprint density at radius 3 is 3.00 bits per heavy atom. The molecule has 0 saturated heterocycles. The number of carbonyl (C=O) groups excluding carboxylic acids is 1. The third-order valence-corrected chi connectivity index (χ3v) is 4.34.